The molecule has 198 valence electrons. The summed E-state index contributed by atoms with van der Waals surface area (Å²) in [5, 5.41) is 12.2. The molecule has 5 rings (SSSR count). The van der Waals surface area contributed by atoms with Crippen LogP contribution in [0.5, 0.6) is 0 Å². The normalized spacial score (nSPS) is 19.3. The maximum absolute atomic E-state index is 12.1. The summed E-state index contributed by atoms with van der Waals surface area (Å²) in [5.41, 5.74) is 1.46. The van der Waals surface area contributed by atoms with E-state index in [9.17, 15) is 9.90 Å². The van der Waals surface area contributed by atoms with E-state index in [0.29, 0.717) is 25.5 Å². The minimum atomic E-state index is -1.26. The summed E-state index contributed by atoms with van der Waals surface area (Å²) in [6.07, 6.45) is 4.28. The molecule has 4 aromatic rings. The number of rotatable bonds is 10. The van der Waals surface area contributed by atoms with Crippen molar-refractivity contribution < 1.29 is 23.8 Å². The third kappa shape index (κ3) is 6.14. The molecule has 1 heterocycles. The third-order valence-electron chi connectivity index (χ3n) is 7.55. The topological polar surface area (TPSA) is 81.8 Å². The Balaban J connectivity index is 1.17. The standard InChI is InChI=1S/C32H35NO5/c1-22-29(33-30(38-22)27-16-15-25-12-6-7-13-26(25)18-27)21-36-28-14-8-11-24(17-28)20-37-32(2,31(34)35)19-23-9-4-3-5-10-23/h3-7,9-10,12-13,15-16,18,24,28H,8,11,14,17,19-21H2,1-2H3,(H,34,35)/t24-,28+,32?/m1/s1. The SMILES string of the molecule is Cc1oc(-c2ccc3ccccc3c2)nc1CO[C@H]1CCC[C@@H](COC(C)(Cc2ccccc2)C(=O)O)C1. The van der Waals surface area contributed by atoms with Gasteiger partial charge in [0.05, 0.1) is 19.3 Å². The van der Waals surface area contributed by atoms with Crippen molar-refractivity contribution in [2.75, 3.05) is 6.61 Å². The van der Waals surface area contributed by atoms with Crippen LogP contribution in [0.3, 0.4) is 0 Å². The molecule has 3 aromatic carbocycles. The Hall–Kier alpha value is -3.48. The molecule has 1 saturated carbocycles. The van der Waals surface area contributed by atoms with Crippen molar-refractivity contribution in [1.29, 1.82) is 0 Å². The van der Waals surface area contributed by atoms with E-state index in [0.717, 1.165) is 53.7 Å². The largest absolute Gasteiger partial charge is 0.479 e. The first-order valence-corrected chi connectivity index (χ1v) is 13.4. The van der Waals surface area contributed by atoms with Crippen LogP contribution in [0.1, 0.15) is 49.6 Å². The summed E-state index contributed by atoms with van der Waals surface area (Å²) < 4.78 is 18.3. The molecule has 0 aliphatic heterocycles. The zero-order chi connectivity index (χ0) is 26.5. The van der Waals surface area contributed by atoms with Crippen molar-refractivity contribution in [3.8, 4) is 11.5 Å². The van der Waals surface area contributed by atoms with Gasteiger partial charge in [0.25, 0.3) is 0 Å². The van der Waals surface area contributed by atoms with Gasteiger partial charge in [-0.15, -0.1) is 0 Å². The number of carboxylic acids is 1. The molecular formula is C32H35NO5. The number of hydrogen-bond donors (Lipinski definition) is 1. The van der Waals surface area contributed by atoms with Gasteiger partial charge in [0, 0.05) is 12.0 Å². The highest BCUT2D eigenvalue weighted by Gasteiger charge is 2.36. The highest BCUT2D eigenvalue weighted by molar-refractivity contribution is 5.86. The van der Waals surface area contributed by atoms with Gasteiger partial charge in [-0.25, -0.2) is 9.78 Å². The Labute approximate surface area is 223 Å². The quantitative estimate of drug-likeness (QED) is 0.246. The zero-order valence-corrected chi connectivity index (χ0v) is 22.1. The van der Waals surface area contributed by atoms with Crippen LogP contribution in [0.25, 0.3) is 22.2 Å². The molecule has 0 spiro atoms. The number of oxazole rings is 1. The molecule has 1 fully saturated rings. The van der Waals surface area contributed by atoms with Gasteiger partial charge in [-0.05, 0) is 67.5 Å². The lowest BCUT2D eigenvalue weighted by molar-refractivity contribution is -0.166. The maximum Gasteiger partial charge on any atom is 0.336 e. The summed E-state index contributed by atoms with van der Waals surface area (Å²) in [7, 11) is 0. The fourth-order valence-electron chi connectivity index (χ4n) is 5.22. The Morgan fingerprint density at radius 3 is 2.61 bits per heavy atom. The molecule has 6 heteroatoms. The summed E-state index contributed by atoms with van der Waals surface area (Å²) in [6.45, 7) is 4.39. The number of benzene rings is 3. The van der Waals surface area contributed by atoms with E-state index in [1.807, 2.05) is 55.5 Å². The van der Waals surface area contributed by atoms with Crippen LogP contribution >= 0.6 is 0 Å². The van der Waals surface area contributed by atoms with E-state index in [4.69, 9.17) is 18.9 Å². The molecule has 0 saturated heterocycles. The first-order valence-electron chi connectivity index (χ1n) is 13.4. The van der Waals surface area contributed by atoms with Gasteiger partial charge in [0.2, 0.25) is 5.89 Å². The summed E-state index contributed by atoms with van der Waals surface area (Å²) in [6, 6.07) is 24.1. The van der Waals surface area contributed by atoms with Crippen molar-refractivity contribution in [3.05, 3.63) is 89.8 Å². The van der Waals surface area contributed by atoms with Gasteiger partial charge < -0.3 is 19.0 Å². The summed E-state index contributed by atoms with van der Waals surface area (Å²) in [4.78, 5) is 16.8. The molecule has 6 nitrogen and oxygen atoms in total. The van der Waals surface area contributed by atoms with Crippen LogP contribution in [0, 0.1) is 12.8 Å². The third-order valence-corrected chi connectivity index (χ3v) is 7.55. The lowest BCUT2D eigenvalue weighted by atomic mass is 9.87. The number of aromatic nitrogens is 1. The number of hydrogen-bond acceptors (Lipinski definition) is 5. The smallest absolute Gasteiger partial charge is 0.336 e. The monoisotopic (exact) mass is 513 g/mol. The second-order valence-corrected chi connectivity index (χ2v) is 10.6. The number of carboxylic acid groups (broad SMARTS) is 1. The molecule has 1 N–H and O–H groups in total. The summed E-state index contributed by atoms with van der Waals surface area (Å²) in [5.74, 6) is 0.693. The van der Waals surface area contributed by atoms with Crippen LogP contribution < -0.4 is 0 Å². The average Bonchev–Trinajstić information content (AvgIpc) is 3.31. The maximum atomic E-state index is 12.1. The molecular weight excluding hydrogens is 478 g/mol. The number of aliphatic carboxylic acids is 1. The van der Waals surface area contributed by atoms with Crippen LogP contribution in [0.15, 0.2) is 77.2 Å². The molecule has 0 amide bonds. The minimum Gasteiger partial charge on any atom is -0.479 e. The van der Waals surface area contributed by atoms with Crippen molar-refractivity contribution in [2.45, 2.75) is 64.3 Å². The average molecular weight is 514 g/mol. The molecule has 1 aliphatic rings. The number of fused-ring (bicyclic) bond motifs is 1. The molecule has 1 aromatic heterocycles. The van der Waals surface area contributed by atoms with E-state index in [-0.39, 0.29) is 12.0 Å². The fraction of sp³-hybridized carbons (Fsp3) is 0.375. The van der Waals surface area contributed by atoms with Crippen molar-refractivity contribution in [3.63, 3.8) is 0 Å². The van der Waals surface area contributed by atoms with Crippen molar-refractivity contribution in [2.24, 2.45) is 5.92 Å². The zero-order valence-electron chi connectivity index (χ0n) is 22.1. The second kappa shape index (κ2) is 11.5. The molecule has 1 unspecified atom stereocenters. The second-order valence-electron chi connectivity index (χ2n) is 10.6. The van der Waals surface area contributed by atoms with E-state index < -0.39 is 11.6 Å². The van der Waals surface area contributed by atoms with E-state index >= 15 is 0 Å². The van der Waals surface area contributed by atoms with E-state index in [2.05, 4.69) is 24.3 Å². The van der Waals surface area contributed by atoms with Crippen molar-refractivity contribution >= 4 is 16.7 Å². The Bertz CT molecular complexity index is 1380. The highest BCUT2D eigenvalue weighted by atomic mass is 16.5. The molecule has 38 heavy (non-hydrogen) atoms. The highest BCUT2D eigenvalue weighted by Crippen LogP contribution is 2.31. The summed E-state index contributed by atoms with van der Waals surface area (Å²) >= 11 is 0. The molecule has 0 bridgehead atoms. The van der Waals surface area contributed by atoms with Crippen molar-refractivity contribution in [1.82, 2.24) is 4.98 Å². The van der Waals surface area contributed by atoms with Crippen LogP contribution in [-0.2, 0) is 27.3 Å². The Morgan fingerprint density at radius 1 is 1.05 bits per heavy atom. The minimum absolute atomic E-state index is 0.0859. The molecule has 1 aliphatic carbocycles. The van der Waals surface area contributed by atoms with Crippen LogP contribution in [0.4, 0.5) is 0 Å². The Morgan fingerprint density at radius 2 is 1.82 bits per heavy atom. The van der Waals surface area contributed by atoms with Crippen LogP contribution in [0.2, 0.25) is 0 Å². The first kappa shape index (κ1) is 26.1. The lowest BCUT2D eigenvalue weighted by Crippen LogP contribution is -2.42. The lowest BCUT2D eigenvalue weighted by Gasteiger charge is -2.32. The van der Waals surface area contributed by atoms with Gasteiger partial charge >= 0.3 is 5.97 Å². The number of nitrogens with zero attached hydrogens (tertiary/aromatic N) is 1. The number of carbonyl (C=O) groups is 1. The first-order chi connectivity index (χ1) is 18.4. The molecule has 3 atom stereocenters. The molecule has 0 radical (unpaired) electrons. The van der Waals surface area contributed by atoms with E-state index in [1.54, 1.807) is 6.92 Å². The van der Waals surface area contributed by atoms with Gasteiger partial charge in [0.15, 0.2) is 5.60 Å². The van der Waals surface area contributed by atoms with Gasteiger partial charge in [0.1, 0.15) is 11.5 Å². The predicted octanol–water partition coefficient (Wildman–Crippen LogP) is 6.98. The number of ether oxygens (including phenoxy) is 2. The van der Waals surface area contributed by atoms with Gasteiger partial charge in [-0.3, -0.25) is 0 Å². The number of aryl methyl sites for hydroxylation is 1. The van der Waals surface area contributed by atoms with Gasteiger partial charge in [-0.1, -0.05) is 67.1 Å². The van der Waals surface area contributed by atoms with Crippen LogP contribution in [-0.4, -0.2) is 34.4 Å². The van der Waals surface area contributed by atoms with E-state index in [1.165, 1.54) is 5.39 Å². The Kier molecular flexibility index (Phi) is 7.91. The van der Waals surface area contributed by atoms with Gasteiger partial charge in [-0.2, -0.15) is 0 Å². The predicted molar refractivity (Wildman–Crippen MR) is 147 cm³/mol. The fourth-order valence-corrected chi connectivity index (χ4v) is 5.22.